The predicted octanol–water partition coefficient (Wildman–Crippen LogP) is -1.91. The molecule has 5 N–H and O–H groups in total. The maximum absolute atomic E-state index is 10.2. The Balaban J connectivity index is 2.51. The molecule has 0 aromatic heterocycles. The topological polar surface area (TPSA) is 135 Å². The molecule has 0 amide bonds. The van der Waals surface area contributed by atoms with E-state index in [1.54, 1.807) is 0 Å². The van der Waals surface area contributed by atoms with Gasteiger partial charge in [-0.15, -0.1) is 9.42 Å². The molecular weight excluding hydrogens is 227 g/mol. The number of aliphatic imine (C=N–C) groups is 1. The Morgan fingerprint density at radius 3 is 2.73 bits per heavy atom. The standard InChI is InChI=1S/C6H11N2O6P/c7-2-8-6-5(10)4(9)3(14-6)1-13-15(11)12/h2-6,9-10H,1H2,(H2-,7,8,11,12)/p+1/t3-,4?,5?,6-/m1/s1. The minimum atomic E-state index is -2.76. The van der Waals surface area contributed by atoms with Gasteiger partial charge >= 0.3 is 8.25 Å². The van der Waals surface area contributed by atoms with Gasteiger partial charge in [-0.2, -0.15) is 0 Å². The molecule has 9 heteroatoms. The predicted molar refractivity (Wildman–Crippen MR) is 49.1 cm³/mol. The fourth-order valence-electron chi connectivity index (χ4n) is 1.21. The summed E-state index contributed by atoms with van der Waals surface area (Å²) in [7, 11) is -2.76. The zero-order valence-electron chi connectivity index (χ0n) is 7.63. The minimum Gasteiger partial charge on any atom is -0.390 e. The number of rotatable bonds is 4. The Hall–Kier alpha value is -0.630. The van der Waals surface area contributed by atoms with Crippen LogP contribution in [0.25, 0.3) is 0 Å². The van der Waals surface area contributed by atoms with E-state index >= 15 is 0 Å². The maximum Gasteiger partial charge on any atom is 0.694 e. The molecule has 5 atom stereocenters. The van der Waals surface area contributed by atoms with Gasteiger partial charge in [0.2, 0.25) is 0 Å². The summed E-state index contributed by atoms with van der Waals surface area (Å²) < 4.78 is 19.6. The van der Waals surface area contributed by atoms with E-state index in [0.717, 1.165) is 6.34 Å². The van der Waals surface area contributed by atoms with Crippen molar-refractivity contribution in [1.29, 1.82) is 0 Å². The first kappa shape index (κ1) is 12.4. The van der Waals surface area contributed by atoms with Crippen molar-refractivity contribution in [3.63, 3.8) is 0 Å². The van der Waals surface area contributed by atoms with Crippen LogP contribution in [0.1, 0.15) is 0 Å². The van der Waals surface area contributed by atoms with Gasteiger partial charge in [-0.1, -0.05) is 0 Å². The highest BCUT2D eigenvalue weighted by Gasteiger charge is 2.43. The summed E-state index contributed by atoms with van der Waals surface area (Å²) in [5.41, 5.74) is 5.00. The van der Waals surface area contributed by atoms with Gasteiger partial charge in [-0.05, 0) is 0 Å². The summed E-state index contributed by atoms with van der Waals surface area (Å²) in [5, 5.41) is 18.8. The van der Waals surface area contributed by atoms with Crippen LogP contribution in [0.4, 0.5) is 0 Å². The largest absolute Gasteiger partial charge is 0.694 e. The van der Waals surface area contributed by atoms with Gasteiger partial charge in [0.05, 0.1) is 6.34 Å². The molecular formula is C6H12N2O6P+. The van der Waals surface area contributed by atoms with Gasteiger partial charge in [0.25, 0.3) is 0 Å². The van der Waals surface area contributed by atoms with Crippen molar-refractivity contribution in [2.45, 2.75) is 24.5 Å². The van der Waals surface area contributed by atoms with E-state index in [2.05, 4.69) is 9.52 Å². The molecule has 1 aliphatic rings. The van der Waals surface area contributed by atoms with Gasteiger partial charge < -0.3 is 20.7 Å². The Morgan fingerprint density at radius 1 is 1.53 bits per heavy atom. The summed E-state index contributed by atoms with van der Waals surface area (Å²) in [4.78, 5) is 11.9. The molecule has 0 spiro atoms. The molecule has 0 radical (unpaired) electrons. The van der Waals surface area contributed by atoms with Gasteiger partial charge in [0, 0.05) is 4.57 Å². The van der Waals surface area contributed by atoms with E-state index in [0.29, 0.717) is 0 Å². The van der Waals surface area contributed by atoms with Crippen LogP contribution in [0, 0.1) is 0 Å². The third-order valence-electron chi connectivity index (χ3n) is 1.92. The quantitative estimate of drug-likeness (QED) is 0.255. The molecule has 8 nitrogen and oxygen atoms in total. The van der Waals surface area contributed by atoms with Crippen molar-refractivity contribution in [2.75, 3.05) is 6.61 Å². The van der Waals surface area contributed by atoms with Gasteiger partial charge in [-0.25, -0.2) is 4.99 Å². The number of hydrogen-bond acceptors (Lipinski definition) is 6. The SMILES string of the molecule is NC=N[C@@H]1O[C@H](CO[P+](=O)O)C(O)C1O. The molecule has 0 aromatic rings. The first-order valence-corrected chi connectivity index (χ1v) is 5.23. The van der Waals surface area contributed by atoms with Crippen molar-refractivity contribution >= 4 is 14.6 Å². The van der Waals surface area contributed by atoms with Crippen LogP contribution in [0.2, 0.25) is 0 Å². The average molecular weight is 239 g/mol. The van der Waals surface area contributed by atoms with E-state index < -0.39 is 32.8 Å². The molecule has 15 heavy (non-hydrogen) atoms. The highest BCUT2D eigenvalue weighted by molar-refractivity contribution is 7.32. The molecule has 0 bridgehead atoms. The molecule has 1 aliphatic heterocycles. The highest BCUT2D eigenvalue weighted by Crippen LogP contribution is 2.25. The van der Waals surface area contributed by atoms with Crippen molar-refractivity contribution in [3.05, 3.63) is 0 Å². The molecule has 86 valence electrons. The van der Waals surface area contributed by atoms with Gasteiger partial charge in [0.15, 0.2) is 6.23 Å². The second-order valence-electron chi connectivity index (χ2n) is 2.88. The highest BCUT2D eigenvalue weighted by atomic mass is 31.1. The first-order chi connectivity index (χ1) is 7.06. The van der Waals surface area contributed by atoms with Crippen molar-refractivity contribution < 1.29 is 28.9 Å². The van der Waals surface area contributed by atoms with E-state index in [1.807, 2.05) is 0 Å². The Morgan fingerprint density at radius 2 is 2.20 bits per heavy atom. The number of ether oxygens (including phenoxy) is 1. The lowest BCUT2D eigenvalue weighted by atomic mass is 10.1. The zero-order chi connectivity index (χ0) is 11.4. The lowest BCUT2D eigenvalue weighted by molar-refractivity contribution is -0.0136. The van der Waals surface area contributed by atoms with E-state index in [1.165, 1.54) is 0 Å². The van der Waals surface area contributed by atoms with Crippen LogP contribution in [-0.4, -0.2) is 52.6 Å². The smallest absolute Gasteiger partial charge is 0.390 e. The van der Waals surface area contributed by atoms with Crippen molar-refractivity contribution in [3.8, 4) is 0 Å². The van der Waals surface area contributed by atoms with E-state index in [9.17, 15) is 14.8 Å². The van der Waals surface area contributed by atoms with Crippen molar-refractivity contribution in [2.24, 2.45) is 10.7 Å². The summed E-state index contributed by atoms with van der Waals surface area (Å²) in [6.45, 7) is -0.305. The van der Waals surface area contributed by atoms with Gasteiger partial charge in [0.1, 0.15) is 24.9 Å². The molecule has 1 saturated heterocycles. The van der Waals surface area contributed by atoms with Crippen LogP contribution in [-0.2, 0) is 13.8 Å². The van der Waals surface area contributed by atoms with Crippen LogP contribution >= 0.6 is 8.25 Å². The fourth-order valence-corrected chi connectivity index (χ4v) is 1.49. The lowest BCUT2D eigenvalue weighted by Gasteiger charge is -2.09. The Kier molecular flexibility index (Phi) is 4.52. The maximum atomic E-state index is 10.2. The van der Waals surface area contributed by atoms with Crippen LogP contribution in [0.15, 0.2) is 4.99 Å². The number of aliphatic hydroxyl groups excluding tert-OH is 2. The summed E-state index contributed by atoms with van der Waals surface area (Å²) >= 11 is 0. The molecule has 1 heterocycles. The third kappa shape index (κ3) is 3.16. The fraction of sp³-hybridized carbons (Fsp3) is 0.833. The van der Waals surface area contributed by atoms with Crippen LogP contribution in [0.5, 0.6) is 0 Å². The summed E-state index contributed by atoms with van der Waals surface area (Å²) in [5.74, 6) is 0. The molecule has 0 aromatic carbocycles. The number of aliphatic hydroxyl groups is 2. The summed E-state index contributed by atoms with van der Waals surface area (Å²) in [6.07, 6.45) is -3.39. The zero-order valence-corrected chi connectivity index (χ0v) is 8.53. The van der Waals surface area contributed by atoms with E-state index in [4.69, 9.17) is 15.4 Å². The lowest BCUT2D eigenvalue weighted by Crippen LogP contribution is -2.33. The molecule has 1 fully saturated rings. The van der Waals surface area contributed by atoms with Crippen LogP contribution in [0.3, 0.4) is 0 Å². The molecule has 1 rings (SSSR count). The summed E-state index contributed by atoms with van der Waals surface area (Å²) in [6, 6.07) is 0. The number of nitrogens with two attached hydrogens (primary N) is 1. The van der Waals surface area contributed by atoms with Gasteiger partial charge in [-0.3, -0.25) is 0 Å². The Bertz CT molecular complexity index is 262. The minimum absolute atomic E-state index is 0.305. The number of nitrogens with zero attached hydrogens (tertiary/aromatic N) is 1. The van der Waals surface area contributed by atoms with Crippen molar-refractivity contribution in [1.82, 2.24) is 0 Å². The first-order valence-electron chi connectivity index (χ1n) is 4.10. The van der Waals surface area contributed by atoms with Crippen LogP contribution < -0.4 is 5.73 Å². The molecule has 3 unspecified atom stereocenters. The normalized spacial score (nSPS) is 37.4. The average Bonchev–Trinajstić information content (AvgIpc) is 2.44. The molecule has 0 aliphatic carbocycles. The second kappa shape index (κ2) is 5.45. The number of hydrogen-bond donors (Lipinski definition) is 4. The monoisotopic (exact) mass is 239 g/mol. The van der Waals surface area contributed by atoms with E-state index in [-0.39, 0.29) is 6.61 Å². The Labute approximate surface area is 86.3 Å². The molecule has 0 saturated carbocycles. The second-order valence-corrected chi connectivity index (χ2v) is 3.61. The third-order valence-corrected chi connectivity index (χ3v) is 2.29.